The first-order valence-corrected chi connectivity index (χ1v) is 13.0. The van der Waals surface area contributed by atoms with Crippen LogP contribution in [0.2, 0.25) is 5.21 Å². The Morgan fingerprint density at radius 2 is 2.19 bits per heavy atom. The summed E-state index contributed by atoms with van der Waals surface area (Å²) in [4.78, 5) is 25.2. The normalized spacial score (nSPS) is 17.3. The number of nitrogens with zero attached hydrogens (tertiary/aromatic N) is 5. The molecule has 31 heavy (non-hydrogen) atoms. The molecule has 1 radical (unpaired) electrons. The number of nitriles is 1. The number of hydrogen-bond acceptors (Lipinski definition) is 6. The molecule has 0 aliphatic carbocycles. The Bertz CT molecular complexity index is 1060. The van der Waals surface area contributed by atoms with Gasteiger partial charge in [-0.2, -0.15) is 0 Å². The zero-order chi connectivity index (χ0) is 21.8. The Morgan fingerprint density at radius 3 is 2.94 bits per heavy atom. The molecule has 0 atom stereocenters. The van der Waals surface area contributed by atoms with E-state index in [1.165, 1.54) is 0 Å². The van der Waals surface area contributed by atoms with Crippen molar-refractivity contribution < 1.29 is 4.79 Å². The number of para-hydroxylation sites is 2. The number of fused-ring (bicyclic) bond motifs is 1. The summed E-state index contributed by atoms with van der Waals surface area (Å²) in [5.74, 6) is 1.06. The third kappa shape index (κ3) is 4.45. The summed E-state index contributed by atoms with van der Waals surface area (Å²) in [6.45, 7) is 6.50. The first kappa shape index (κ1) is 21.4. The second-order valence-corrected chi connectivity index (χ2v) is 10.1. The number of rotatable bonds is 7. The first-order valence-electron chi connectivity index (χ1n) is 10.7. The van der Waals surface area contributed by atoms with Crippen molar-refractivity contribution in [2.24, 2.45) is 0 Å². The van der Waals surface area contributed by atoms with Gasteiger partial charge >= 0.3 is 190 Å². The molecule has 4 rings (SSSR count). The van der Waals surface area contributed by atoms with Crippen molar-refractivity contribution in [2.45, 2.75) is 38.3 Å². The predicted molar refractivity (Wildman–Crippen MR) is 123 cm³/mol. The molecular weight excluding hydrogens is 451 g/mol. The summed E-state index contributed by atoms with van der Waals surface area (Å²) in [5, 5.41) is 14.5. The fourth-order valence-electron chi connectivity index (χ4n) is 4.02. The van der Waals surface area contributed by atoms with Crippen LogP contribution < -0.4 is 14.8 Å². The molecule has 0 unspecified atom stereocenters. The summed E-state index contributed by atoms with van der Waals surface area (Å²) < 4.78 is 0.830. The molecule has 8 heteroatoms. The zero-order valence-electron chi connectivity index (χ0n) is 17.9. The van der Waals surface area contributed by atoms with Crippen LogP contribution in [0.1, 0.15) is 37.4 Å². The molecule has 0 spiro atoms. The van der Waals surface area contributed by atoms with Gasteiger partial charge in [0.25, 0.3) is 0 Å². The molecule has 159 valence electrons. The number of allylic oxidation sites excluding steroid dienone is 1. The van der Waals surface area contributed by atoms with Gasteiger partial charge in [0.05, 0.1) is 0 Å². The summed E-state index contributed by atoms with van der Waals surface area (Å²) in [6.07, 6.45) is 4.48. The second-order valence-electron chi connectivity index (χ2n) is 7.64. The number of amides is 1. The van der Waals surface area contributed by atoms with Crippen molar-refractivity contribution >= 4 is 43.2 Å². The second kappa shape index (κ2) is 9.53. The van der Waals surface area contributed by atoms with Gasteiger partial charge in [-0.3, -0.25) is 0 Å². The number of likely N-dealkylation sites (tertiary alicyclic amines) is 1. The number of anilines is 2. The van der Waals surface area contributed by atoms with Crippen LogP contribution in [0.25, 0.3) is 5.57 Å². The third-order valence-electron chi connectivity index (χ3n) is 5.59. The average Bonchev–Trinajstić information content (AvgIpc) is 3.36. The van der Waals surface area contributed by atoms with E-state index in [-0.39, 0.29) is 21.7 Å². The molecule has 2 aromatic rings. The Hall–Kier alpha value is -2.84. The predicted octanol–water partition coefficient (Wildman–Crippen LogP) is 2.69. The topological polar surface area (TPSA) is 85.2 Å². The Labute approximate surface area is 189 Å². The van der Waals surface area contributed by atoms with E-state index in [0.29, 0.717) is 17.7 Å². The molecule has 1 aromatic heterocycles. The van der Waals surface area contributed by atoms with Gasteiger partial charge in [0.1, 0.15) is 0 Å². The molecule has 1 N–H and O–H groups in total. The van der Waals surface area contributed by atoms with Gasteiger partial charge < -0.3 is 0 Å². The van der Waals surface area contributed by atoms with Gasteiger partial charge in [0, 0.05) is 0 Å². The van der Waals surface area contributed by atoms with E-state index in [0.717, 1.165) is 65.1 Å². The van der Waals surface area contributed by atoms with E-state index >= 15 is 0 Å². The van der Waals surface area contributed by atoms with Gasteiger partial charge in [-0.15, -0.1) is 0 Å². The summed E-state index contributed by atoms with van der Waals surface area (Å²) in [7, 11) is 0. The van der Waals surface area contributed by atoms with E-state index in [2.05, 4.69) is 34.3 Å². The van der Waals surface area contributed by atoms with Crippen LogP contribution in [-0.2, 0) is 4.79 Å². The van der Waals surface area contributed by atoms with E-state index < -0.39 is 0 Å². The van der Waals surface area contributed by atoms with Crippen molar-refractivity contribution in [3.8, 4) is 6.07 Å². The maximum atomic E-state index is 11.8. The standard InChI is InChI=1S/C23H26AsN6O/c1-3-30-19-9-5-4-8-18(19)27-22(30)17(14-25)21-16(2)15-26-23(28-21)24-11-7-13-29-12-6-10-20(29)31/h4-5,8-9,15,27H,3,6-7,10-13H2,1-2H3. The number of aromatic nitrogens is 2. The SMILES string of the molecule is CCN1C(=C(C#N)c2nc([As]CCCN3CCCC3=O)ncc2C)Nc2ccccc21. The fraction of sp³-hybridized carbons (Fsp3) is 0.391. The van der Waals surface area contributed by atoms with Crippen LogP contribution in [0.3, 0.4) is 0 Å². The molecule has 2 aliphatic rings. The number of carbonyl (C=O) groups excluding carboxylic acids is 1. The van der Waals surface area contributed by atoms with Gasteiger partial charge in [0.15, 0.2) is 0 Å². The molecule has 1 aromatic carbocycles. The Morgan fingerprint density at radius 1 is 1.35 bits per heavy atom. The fourth-order valence-corrected chi connectivity index (χ4v) is 5.72. The molecule has 3 heterocycles. The molecule has 7 nitrogen and oxygen atoms in total. The van der Waals surface area contributed by atoms with E-state index in [1.54, 1.807) is 0 Å². The molecule has 1 saturated heterocycles. The molecule has 1 amide bonds. The van der Waals surface area contributed by atoms with Gasteiger partial charge in [0.2, 0.25) is 0 Å². The number of nitrogens with one attached hydrogen (secondary N) is 1. The summed E-state index contributed by atoms with van der Waals surface area (Å²) in [5.41, 5.74) is 4.21. The minimum absolute atomic E-state index is 0.209. The Kier molecular flexibility index (Phi) is 6.58. The number of benzene rings is 1. The van der Waals surface area contributed by atoms with E-state index in [4.69, 9.17) is 4.98 Å². The molecule has 0 saturated carbocycles. The van der Waals surface area contributed by atoms with Crippen molar-refractivity contribution in [1.29, 1.82) is 5.26 Å². The molecule has 2 aliphatic heterocycles. The van der Waals surface area contributed by atoms with Crippen LogP contribution in [0.4, 0.5) is 11.4 Å². The van der Waals surface area contributed by atoms with Crippen molar-refractivity contribution in [1.82, 2.24) is 14.9 Å². The van der Waals surface area contributed by atoms with Crippen molar-refractivity contribution in [3.63, 3.8) is 0 Å². The molecule has 0 bridgehead atoms. The van der Waals surface area contributed by atoms with Gasteiger partial charge in [-0.25, -0.2) is 0 Å². The van der Waals surface area contributed by atoms with Gasteiger partial charge in [-0.05, 0) is 0 Å². The van der Waals surface area contributed by atoms with E-state index in [9.17, 15) is 10.1 Å². The number of aryl methyl sites for hydroxylation is 1. The van der Waals surface area contributed by atoms with Crippen molar-refractivity contribution in [2.75, 3.05) is 29.9 Å². The zero-order valence-corrected chi connectivity index (χ0v) is 19.8. The molecule has 1 fully saturated rings. The van der Waals surface area contributed by atoms with E-state index in [1.807, 2.05) is 36.2 Å². The summed E-state index contributed by atoms with van der Waals surface area (Å²) in [6, 6.07) is 10.5. The third-order valence-corrected chi connectivity index (χ3v) is 7.77. The number of hydrogen-bond donors (Lipinski definition) is 1. The van der Waals surface area contributed by atoms with Crippen LogP contribution >= 0.6 is 0 Å². The number of carbonyl (C=O) groups is 1. The first-order chi connectivity index (χ1) is 15.1. The minimum atomic E-state index is -0.209. The van der Waals surface area contributed by atoms with Crippen LogP contribution in [0.5, 0.6) is 0 Å². The van der Waals surface area contributed by atoms with Crippen LogP contribution in [0.15, 0.2) is 36.3 Å². The summed E-state index contributed by atoms with van der Waals surface area (Å²) >= 11 is -0.209. The Balaban J connectivity index is 1.52. The van der Waals surface area contributed by atoms with Crippen molar-refractivity contribution in [3.05, 3.63) is 47.5 Å². The van der Waals surface area contributed by atoms with Crippen LogP contribution in [0, 0.1) is 18.3 Å². The average molecular weight is 477 g/mol. The van der Waals surface area contributed by atoms with Gasteiger partial charge in [-0.1, -0.05) is 0 Å². The monoisotopic (exact) mass is 477 g/mol. The van der Waals surface area contributed by atoms with Crippen LogP contribution in [-0.4, -0.2) is 56.2 Å². The quantitative estimate of drug-likeness (QED) is 0.375. The molecular formula is C23H26AsN6O. The maximum absolute atomic E-state index is 11.8.